The smallest absolute Gasteiger partial charge is 0.306 e. The number of hydrogen-bond acceptors (Lipinski definition) is 7. The van der Waals surface area contributed by atoms with Gasteiger partial charge in [-0.3, -0.25) is 9.59 Å². The lowest BCUT2D eigenvalue weighted by atomic mass is 10.0. The van der Waals surface area contributed by atoms with Crippen LogP contribution < -0.4 is 5.11 Å². The minimum atomic E-state index is -1.12. The van der Waals surface area contributed by atoms with Gasteiger partial charge in [0.25, 0.3) is 0 Å². The molecule has 0 aromatic heterocycles. The summed E-state index contributed by atoms with van der Waals surface area (Å²) in [5.41, 5.74) is 0. The zero-order valence-corrected chi connectivity index (χ0v) is 38.3. The van der Waals surface area contributed by atoms with Crippen LogP contribution in [0.25, 0.3) is 0 Å². The highest BCUT2D eigenvalue weighted by Crippen LogP contribution is 2.16. The number of esters is 2. The Balaban J connectivity index is 4.22. The fraction of sp³-hybridized carbons (Fsp3) is 0.898. The molecule has 2 unspecified atom stereocenters. The molecule has 8 heteroatoms. The standard InChI is InChI=1S/C49H93NO7/c1-6-8-10-12-14-16-18-20-21-22-23-24-25-26-28-29-31-33-35-37-39-47(51)56-44-45(43-55-42-41-46(49(53)54)50(3,4)5)57-48(52)40-38-36-34-32-30-27-19-17-15-13-11-9-7-2/h23-24,45-46H,6-22,25-44H2,1-5H3/b24-23+. The summed E-state index contributed by atoms with van der Waals surface area (Å²) in [5, 5.41) is 11.6. The first-order valence-corrected chi connectivity index (χ1v) is 24.2. The van der Waals surface area contributed by atoms with Crippen molar-refractivity contribution in [2.75, 3.05) is 41.0 Å². The molecular weight excluding hydrogens is 715 g/mol. The maximum Gasteiger partial charge on any atom is 0.306 e. The molecule has 0 fully saturated rings. The average Bonchev–Trinajstić information content (AvgIpc) is 3.17. The van der Waals surface area contributed by atoms with Crippen LogP contribution in [0, 0.1) is 0 Å². The van der Waals surface area contributed by atoms with E-state index in [4.69, 9.17) is 14.2 Å². The summed E-state index contributed by atoms with van der Waals surface area (Å²) in [6.07, 6.45) is 43.8. The molecule has 0 saturated carbocycles. The van der Waals surface area contributed by atoms with Crippen molar-refractivity contribution in [3.05, 3.63) is 12.2 Å². The second kappa shape index (κ2) is 40.8. The third kappa shape index (κ3) is 39.3. The van der Waals surface area contributed by atoms with Crippen LogP contribution in [-0.4, -0.2) is 75.5 Å². The zero-order chi connectivity index (χ0) is 42.1. The van der Waals surface area contributed by atoms with E-state index in [1.165, 1.54) is 161 Å². The third-order valence-electron chi connectivity index (χ3n) is 11.2. The molecular formula is C49H93NO7. The van der Waals surface area contributed by atoms with E-state index < -0.39 is 18.1 Å². The van der Waals surface area contributed by atoms with Crippen LogP contribution >= 0.6 is 0 Å². The van der Waals surface area contributed by atoms with Gasteiger partial charge >= 0.3 is 11.9 Å². The van der Waals surface area contributed by atoms with Gasteiger partial charge in [0.05, 0.1) is 40.3 Å². The van der Waals surface area contributed by atoms with E-state index in [1.54, 1.807) is 21.1 Å². The van der Waals surface area contributed by atoms with Gasteiger partial charge in [-0.15, -0.1) is 0 Å². The normalized spacial score (nSPS) is 12.9. The van der Waals surface area contributed by atoms with E-state index in [9.17, 15) is 19.5 Å². The van der Waals surface area contributed by atoms with Crippen LogP contribution in [0.1, 0.15) is 232 Å². The monoisotopic (exact) mass is 808 g/mol. The highest BCUT2D eigenvalue weighted by atomic mass is 16.6. The lowest BCUT2D eigenvalue weighted by molar-refractivity contribution is -0.889. The number of carbonyl (C=O) groups excluding carboxylic acids is 3. The SMILES string of the molecule is CCCCCCCCCCC/C=C/CCCCCCCCCC(=O)OCC(COCCC(C(=O)[O-])[N+](C)(C)C)OC(=O)CCCCCCCCCCCCCCC. The average molecular weight is 808 g/mol. The van der Waals surface area contributed by atoms with E-state index in [0.717, 1.165) is 38.5 Å². The summed E-state index contributed by atoms with van der Waals surface area (Å²) in [4.78, 5) is 36.9. The molecule has 0 N–H and O–H groups in total. The maximum atomic E-state index is 12.7. The Morgan fingerprint density at radius 2 is 0.877 bits per heavy atom. The highest BCUT2D eigenvalue weighted by molar-refractivity contribution is 5.70. The molecule has 8 nitrogen and oxygen atoms in total. The van der Waals surface area contributed by atoms with Crippen LogP contribution in [0.2, 0.25) is 0 Å². The molecule has 0 aromatic rings. The molecule has 0 rings (SSSR count). The topological polar surface area (TPSA) is 102 Å². The number of carboxylic acids is 1. The number of quaternary nitrogens is 1. The summed E-state index contributed by atoms with van der Waals surface area (Å²) in [6, 6.07) is -0.722. The predicted molar refractivity (Wildman–Crippen MR) is 236 cm³/mol. The van der Waals surface area contributed by atoms with Gasteiger partial charge < -0.3 is 28.6 Å². The first-order valence-electron chi connectivity index (χ1n) is 24.2. The summed E-state index contributed by atoms with van der Waals surface area (Å²) in [6.45, 7) is 4.69. The summed E-state index contributed by atoms with van der Waals surface area (Å²) in [5.74, 6) is -1.72. The Morgan fingerprint density at radius 3 is 1.26 bits per heavy atom. The van der Waals surface area contributed by atoms with Crippen molar-refractivity contribution in [1.29, 1.82) is 0 Å². The van der Waals surface area contributed by atoms with Crippen LogP contribution in [0.5, 0.6) is 0 Å². The second-order valence-electron chi connectivity index (χ2n) is 17.7. The van der Waals surface area contributed by atoms with E-state index >= 15 is 0 Å². The van der Waals surface area contributed by atoms with Crippen LogP contribution in [0.15, 0.2) is 12.2 Å². The number of rotatable bonds is 44. The number of ether oxygens (including phenoxy) is 3. The van der Waals surface area contributed by atoms with Crippen molar-refractivity contribution in [1.82, 2.24) is 0 Å². The van der Waals surface area contributed by atoms with Crippen molar-refractivity contribution in [2.24, 2.45) is 0 Å². The molecule has 2 atom stereocenters. The fourth-order valence-electron chi connectivity index (χ4n) is 7.36. The molecule has 0 aromatic carbocycles. The highest BCUT2D eigenvalue weighted by Gasteiger charge is 2.25. The van der Waals surface area contributed by atoms with Crippen molar-refractivity contribution < 1.29 is 38.2 Å². The lowest BCUT2D eigenvalue weighted by Crippen LogP contribution is -2.55. The summed E-state index contributed by atoms with van der Waals surface area (Å²) in [7, 11) is 5.42. The Labute approximate surface area is 352 Å². The molecule has 0 saturated heterocycles. The Hall–Kier alpha value is -1.93. The van der Waals surface area contributed by atoms with E-state index in [2.05, 4.69) is 26.0 Å². The van der Waals surface area contributed by atoms with Crippen molar-refractivity contribution in [3.8, 4) is 0 Å². The number of hydrogen-bond donors (Lipinski definition) is 0. The number of allylic oxidation sites excluding steroid dienone is 2. The number of aliphatic carboxylic acids is 1. The van der Waals surface area contributed by atoms with E-state index in [1.807, 2.05) is 0 Å². The van der Waals surface area contributed by atoms with Gasteiger partial charge in [-0.25, -0.2) is 0 Å². The van der Waals surface area contributed by atoms with Gasteiger partial charge in [-0.1, -0.05) is 187 Å². The maximum absolute atomic E-state index is 12.7. The first-order chi connectivity index (χ1) is 27.6. The Kier molecular flexibility index (Phi) is 39.4. The lowest BCUT2D eigenvalue weighted by Gasteiger charge is -2.34. The molecule has 336 valence electrons. The fourth-order valence-corrected chi connectivity index (χ4v) is 7.36. The van der Waals surface area contributed by atoms with Crippen molar-refractivity contribution >= 4 is 17.9 Å². The molecule has 0 bridgehead atoms. The quantitative estimate of drug-likeness (QED) is 0.0261. The van der Waals surface area contributed by atoms with Crippen LogP contribution in [0.3, 0.4) is 0 Å². The largest absolute Gasteiger partial charge is 0.544 e. The van der Waals surface area contributed by atoms with Gasteiger partial charge in [0.1, 0.15) is 12.6 Å². The number of likely N-dealkylation sites (N-methyl/N-ethyl adjacent to an activating group) is 1. The van der Waals surface area contributed by atoms with Crippen molar-refractivity contribution in [2.45, 2.75) is 244 Å². The minimum Gasteiger partial charge on any atom is -0.544 e. The summed E-state index contributed by atoms with van der Waals surface area (Å²) >= 11 is 0. The second-order valence-corrected chi connectivity index (χ2v) is 17.7. The minimum absolute atomic E-state index is 0.0453. The Morgan fingerprint density at radius 1 is 0.509 bits per heavy atom. The van der Waals surface area contributed by atoms with Crippen molar-refractivity contribution in [3.63, 3.8) is 0 Å². The van der Waals surface area contributed by atoms with Gasteiger partial charge in [-0.05, 0) is 38.5 Å². The van der Waals surface area contributed by atoms with Crippen LogP contribution in [-0.2, 0) is 28.6 Å². The Bertz CT molecular complexity index is 947. The molecule has 0 radical (unpaired) electrons. The molecule has 0 amide bonds. The number of carboxylic acid groups (broad SMARTS) is 1. The molecule has 0 aliphatic heterocycles. The van der Waals surface area contributed by atoms with Gasteiger partial charge in [0.2, 0.25) is 0 Å². The molecule has 0 heterocycles. The molecule has 57 heavy (non-hydrogen) atoms. The van der Waals surface area contributed by atoms with Gasteiger partial charge in [0, 0.05) is 19.3 Å². The molecule has 0 aliphatic rings. The number of unbranched alkanes of at least 4 members (excludes halogenated alkanes) is 28. The van der Waals surface area contributed by atoms with Gasteiger partial charge in [0.15, 0.2) is 6.10 Å². The third-order valence-corrected chi connectivity index (χ3v) is 11.2. The van der Waals surface area contributed by atoms with Gasteiger partial charge in [-0.2, -0.15) is 0 Å². The predicted octanol–water partition coefficient (Wildman–Crippen LogP) is 12.1. The van der Waals surface area contributed by atoms with E-state index in [-0.39, 0.29) is 42.7 Å². The number of nitrogens with zero attached hydrogens (tertiary/aromatic N) is 1. The van der Waals surface area contributed by atoms with Crippen LogP contribution in [0.4, 0.5) is 0 Å². The van der Waals surface area contributed by atoms with E-state index in [0.29, 0.717) is 12.8 Å². The summed E-state index contributed by atoms with van der Waals surface area (Å²) < 4.78 is 17.2. The number of carbonyl (C=O) groups is 3. The molecule has 0 aliphatic carbocycles. The first kappa shape index (κ1) is 55.1. The zero-order valence-electron chi connectivity index (χ0n) is 38.3. The molecule has 0 spiro atoms.